The van der Waals surface area contributed by atoms with Crippen LogP contribution >= 0.6 is 10.0 Å². The standard InChI is InChI=1S/C13H22S/c1-10(2)13-9-12(14(4,5)6)8-7-11(13)3/h7-10H,1-6H3. The molecule has 0 atom stereocenters. The maximum Gasteiger partial charge on any atom is -0.0103 e. The Morgan fingerprint density at radius 2 is 1.64 bits per heavy atom. The minimum Gasteiger partial charge on any atom is -0.223 e. The fourth-order valence-electron chi connectivity index (χ4n) is 1.62. The maximum atomic E-state index is 2.40. The van der Waals surface area contributed by atoms with E-state index in [9.17, 15) is 0 Å². The van der Waals surface area contributed by atoms with Crippen LogP contribution in [0.2, 0.25) is 0 Å². The van der Waals surface area contributed by atoms with E-state index in [1.54, 1.807) is 0 Å². The first-order chi connectivity index (χ1) is 6.32. The number of aryl methyl sites for hydroxylation is 1. The lowest BCUT2D eigenvalue weighted by atomic mass is 9.98. The molecule has 0 unspecified atom stereocenters. The number of benzene rings is 1. The van der Waals surface area contributed by atoms with Gasteiger partial charge in [-0.15, -0.1) is 0 Å². The van der Waals surface area contributed by atoms with Crippen LogP contribution in [0.5, 0.6) is 0 Å². The molecule has 0 radical (unpaired) electrons. The van der Waals surface area contributed by atoms with E-state index in [2.05, 4.69) is 57.7 Å². The van der Waals surface area contributed by atoms with Crippen LogP contribution in [-0.2, 0) is 0 Å². The molecule has 0 aliphatic heterocycles. The molecule has 1 aromatic carbocycles. The topological polar surface area (TPSA) is 0 Å². The van der Waals surface area contributed by atoms with Crippen molar-refractivity contribution in [1.82, 2.24) is 0 Å². The number of hydrogen-bond donors (Lipinski definition) is 0. The summed E-state index contributed by atoms with van der Waals surface area (Å²) in [5, 5.41) is 0. The van der Waals surface area contributed by atoms with Crippen LogP contribution in [0.1, 0.15) is 30.9 Å². The third kappa shape index (κ3) is 2.54. The van der Waals surface area contributed by atoms with Gasteiger partial charge in [0.25, 0.3) is 0 Å². The van der Waals surface area contributed by atoms with Crippen LogP contribution in [0.25, 0.3) is 0 Å². The molecule has 0 N–H and O–H groups in total. The Kier molecular flexibility index (Phi) is 3.31. The molecule has 0 spiro atoms. The van der Waals surface area contributed by atoms with Gasteiger partial charge in [-0.1, -0.05) is 19.9 Å². The van der Waals surface area contributed by atoms with Gasteiger partial charge in [0.1, 0.15) is 0 Å². The Labute approximate surface area is 90.0 Å². The van der Waals surface area contributed by atoms with Crippen LogP contribution in [0.15, 0.2) is 23.1 Å². The minimum absolute atomic E-state index is 0.576. The predicted octanol–water partition coefficient (Wildman–Crippen LogP) is 4.17. The van der Waals surface area contributed by atoms with Gasteiger partial charge in [-0.25, -0.2) is 10.0 Å². The summed E-state index contributed by atoms with van der Waals surface area (Å²) in [5.41, 5.74) is 2.93. The van der Waals surface area contributed by atoms with Gasteiger partial charge < -0.3 is 0 Å². The second-order valence-electron chi connectivity index (χ2n) is 5.01. The second-order valence-corrected chi connectivity index (χ2v) is 9.16. The Balaban J connectivity index is 3.20. The highest BCUT2D eigenvalue weighted by molar-refractivity contribution is 8.32. The van der Waals surface area contributed by atoms with Crippen LogP contribution in [0.4, 0.5) is 0 Å². The Hall–Kier alpha value is -0.430. The molecule has 0 bridgehead atoms. The van der Waals surface area contributed by atoms with Crippen molar-refractivity contribution < 1.29 is 0 Å². The number of hydrogen-bond acceptors (Lipinski definition) is 0. The van der Waals surface area contributed by atoms with E-state index < -0.39 is 10.0 Å². The largest absolute Gasteiger partial charge is 0.223 e. The SMILES string of the molecule is Cc1ccc(S(C)(C)C)cc1C(C)C. The molecule has 1 rings (SSSR count). The third-order valence-electron chi connectivity index (χ3n) is 2.58. The van der Waals surface area contributed by atoms with E-state index in [1.165, 1.54) is 16.0 Å². The molecule has 0 aliphatic carbocycles. The zero-order valence-corrected chi connectivity index (χ0v) is 11.0. The molecule has 1 aromatic rings. The lowest BCUT2D eigenvalue weighted by Gasteiger charge is -2.27. The van der Waals surface area contributed by atoms with Gasteiger partial charge in [-0.2, -0.15) is 0 Å². The highest BCUT2D eigenvalue weighted by atomic mass is 32.3. The van der Waals surface area contributed by atoms with Gasteiger partial charge in [-0.05, 0) is 59.8 Å². The smallest absolute Gasteiger partial charge is 0.0103 e. The van der Waals surface area contributed by atoms with Gasteiger partial charge in [0.05, 0.1) is 0 Å². The van der Waals surface area contributed by atoms with Crippen LogP contribution in [0.3, 0.4) is 0 Å². The van der Waals surface area contributed by atoms with Gasteiger partial charge >= 0.3 is 0 Å². The fourth-order valence-corrected chi connectivity index (χ4v) is 2.58. The first kappa shape index (κ1) is 11.6. The molecule has 0 heterocycles. The summed E-state index contributed by atoms with van der Waals surface area (Å²) in [6.45, 7) is 6.74. The molecular formula is C13H22S. The Morgan fingerprint density at radius 3 is 2.07 bits per heavy atom. The maximum absolute atomic E-state index is 2.40. The van der Waals surface area contributed by atoms with Crippen molar-refractivity contribution in [2.75, 3.05) is 18.8 Å². The quantitative estimate of drug-likeness (QED) is 0.687. The van der Waals surface area contributed by atoms with Crippen molar-refractivity contribution in [2.45, 2.75) is 31.6 Å². The van der Waals surface area contributed by atoms with Crippen LogP contribution in [-0.4, -0.2) is 18.8 Å². The normalized spacial score (nSPS) is 13.4. The van der Waals surface area contributed by atoms with Gasteiger partial charge in [0.2, 0.25) is 0 Å². The van der Waals surface area contributed by atoms with Crippen molar-refractivity contribution >= 4 is 10.0 Å². The molecule has 0 aromatic heterocycles. The van der Waals surface area contributed by atoms with Crippen LogP contribution in [0, 0.1) is 6.92 Å². The van der Waals surface area contributed by atoms with E-state index in [4.69, 9.17) is 0 Å². The summed E-state index contributed by atoms with van der Waals surface area (Å²) >= 11 is 0. The molecule has 80 valence electrons. The van der Waals surface area contributed by atoms with Crippen molar-refractivity contribution in [3.63, 3.8) is 0 Å². The summed E-state index contributed by atoms with van der Waals surface area (Å²) in [7, 11) is -0.576. The molecule has 0 aliphatic rings. The van der Waals surface area contributed by atoms with E-state index in [0.717, 1.165) is 0 Å². The molecule has 0 saturated carbocycles. The zero-order valence-electron chi connectivity index (χ0n) is 10.2. The highest BCUT2D eigenvalue weighted by Crippen LogP contribution is 2.46. The summed E-state index contributed by atoms with van der Waals surface area (Å²) in [4.78, 5) is 1.52. The number of rotatable bonds is 2. The molecule has 0 saturated heterocycles. The summed E-state index contributed by atoms with van der Waals surface area (Å²) in [6.07, 6.45) is 7.05. The average Bonchev–Trinajstić information content (AvgIpc) is 2.02. The molecule has 1 heteroatoms. The molecule has 0 amide bonds. The molecular weight excluding hydrogens is 188 g/mol. The van der Waals surface area contributed by atoms with Gasteiger partial charge in [-0.3, -0.25) is 0 Å². The highest BCUT2D eigenvalue weighted by Gasteiger charge is 2.11. The summed E-state index contributed by atoms with van der Waals surface area (Å²) in [6, 6.07) is 6.95. The van der Waals surface area contributed by atoms with E-state index >= 15 is 0 Å². The zero-order chi connectivity index (χ0) is 10.9. The van der Waals surface area contributed by atoms with Crippen molar-refractivity contribution in [1.29, 1.82) is 0 Å². The van der Waals surface area contributed by atoms with Gasteiger partial charge in [0, 0.05) is 0 Å². The van der Waals surface area contributed by atoms with E-state index in [0.29, 0.717) is 5.92 Å². The van der Waals surface area contributed by atoms with Crippen molar-refractivity contribution in [3.05, 3.63) is 29.3 Å². The monoisotopic (exact) mass is 210 g/mol. The van der Waals surface area contributed by atoms with Crippen LogP contribution < -0.4 is 0 Å². The van der Waals surface area contributed by atoms with Gasteiger partial charge in [0.15, 0.2) is 0 Å². The lowest BCUT2D eigenvalue weighted by Crippen LogP contribution is -1.98. The lowest BCUT2D eigenvalue weighted by molar-refractivity contribution is 0.851. The van der Waals surface area contributed by atoms with E-state index in [1.807, 2.05) is 0 Å². The Morgan fingerprint density at radius 1 is 1.07 bits per heavy atom. The minimum atomic E-state index is -0.576. The molecule has 0 nitrogen and oxygen atoms in total. The first-order valence-electron chi connectivity index (χ1n) is 5.11. The third-order valence-corrected chi connectivity index (χ3v) is 4.25. The molecule has 0 fully saturated rings. The molecule has 14 heavy (non-hydrogen) atoms. The van der Waals surface area contributed by atoms with E-state index in [-0.39, 0.29) is 0 Å². The Bertz CT molecular complexity index is 318. The fraction of sp³-hybridized carbons (Fsp3) is 0.538. The average molecular weight is 210 g/mol. The van der Waals surface area contributed by atoms with Crippen molar-refractivity contribution in [3.8, 4) is 0 Å². The summed E-state index contributed by atoms with van der Waals surface area (Å²) in [5.74, 6) is 0.636. The van der Waals surface area contributed by atoms with Crippen molar-refractivity contribution in [2.24, 2.45) is 0 Å². The first-order valence-corrected chi connectivity index (χ1v) is 7.97. The predicted molar refractivity (Wildman–Crippen MR) is 68.9 cm³/mol. The summed E-state index contributed by atoms with van der Waals surface area (Å²) < 4.78 is 0. The second kappa shape index (κ2) is 3.98.